The molecule has 0 unspecified atom stereocenters. The number of hydrogen-bond acceptors (Lipinski definition) is 5. The SMILES string of the molecule is COCCCN1C(=O)c2ccc(NC(=O)Nc3ccc(Cl)cn3)cc2C1=O. The molecule has 1 aromatic carbocycles. The summed E-state index contributed by atoms with van der Waals surface area (Å²) in [6, 6.07) is 7.21. The summed E-state index contributed by atoms with van der Waals surface area (Å²) < 4.78 is 4.95. The minimum Gasteiger partial charge on any atom is -0.385 e. The van der Waals surface area contributed by atoms with Gasteiger partial charge in [0.1, 0.15) is 5.82 Å². The van der Waals surface area contributed by atoms with Crippen LogP contribution >= 0.6 is 11.6 Å². The summed E-state index contributed by atoms with van der Waals surface area (Å²) in [7, 11) is 1.56. The van der Waals surface area contributed by atoms with Crippen molar-refractivity contribution in [2.24, 2.45) is 0 Å². The minimum atomic E-state index is -0.529. The zero-order chi connectivity index (χ0) is 19.4. The van der Waals surface area contributed by atoms with Crippen molar-refractivity contribution in [3.63, 3.8) is 0 Å². The molecule has 0 radical (unpaired) electrons. The van der Waals surface area contributed by atoms with E-state index in [0.29, 0.717) is 35.1 Å². The highest BCUT2D eigenvalue weighted by molar-refractivity contribution is 6.30. The maximum absolute atomic E-state index is 12.5. The van der Waals surface area contributed by atoms with Gasteiger partial charge in [0.25, 0.3) is 11.8 Å². The molecule has 1 aliphatic heterocycles. The lowest BCUT2D eigenvalue weighted by Gasteiger charge is -2.12. The lowest BCUT2D eigenvalue weighted by atomic mass is 10.1. The number of carbonyl (C=O) groups is 3. The molecule has 4 amide bonds. The van der Waals surface area contributed by atoms with Crippen LogP contribution in [0.15, 0.2) is 36.5 Å². The fraction of sp³-hybridized carbons (Fsp3) is 0.222. The van der Waals surface area contributed by atoms with Crippen molar-refractivity contribution in [3.05, 3.63) is 52.7 Å². The van der Waals surface area contributed by atoms with Crippen molar-refractivity contribution in [2.45, 2.75) is 6.42 Å². The van der Waals surface area contributed by atoms with Crippen LogP contribution in [-0.2, 0) is 4.74 Å². The van der Waals surface area contributed by atoms with Gasteiger partial charge in [0, 0.05) is 32.1 Å². The van der Waals surface area contributed by atoms with Crippen molar-refractivity contribution < 1.29 is 19.1 Å². The van der Waals surface area contributed by atoms with E-state index in [-0.39, 0.29) is 23.9 Å². The zero-order valence-corrected chi connectivity index (χ0v) is 15.2. The van der Waals surface area contributed by atoms with Crippen molar-refractivity contribution in [1.29, 1.82) is 0 Å². The number of amides is 4. The van der Waals surface area contributed by atoms with E-state index in [9.17, 15) is 14.4 Å². The van der Waals surface area contributed by atoms with Gasteiger partial charge >= 0.3 is 6.03 Å². The summed E-state index contributed by atoms with van der Waals surface area (Å²) in [4.78, 5) is 42.1. The van der Waals surface area contributed by atoms with Crippen LogP contribution in [0.1, 0.15) is 27.1 Å². The molecular formula is C18H17ClN4O4. The number of urea groups is 1. The number of pyridine rings is 1. The van der Waals surface area contributed by atoms with Gasteiger partial charge in [0.05, 0.1) is 16.1 Å². The first-order valence-corrected chi connectivity index (χ1v) is 8.56. The zero-order valence-electron chi connectivity index (χ0n) is 14.5. The molecule has 140 valence electrons. The average molecular weight is 389 g/mol. The summed E-state index contributed by atoms with van der Waals surface area (Å²) in [5, 5.41) is 5.62. The van der Waals surface area contributed by atoms with Gasteiger partial charge in [-0.3, -0.25) is 19.8 Å². The first-order valence-electron chi connectivity index (χ1n) is 8.18. The summed E-state index contributed by atoms with van der Waals surface area (Å²) in [6.45, 7) is 0.741. The largest absolute Gasteiger partial charge is 0.385 e. The van der Waals surface area contributed by atoms with Gasteiger partial charge in [0.15, 0.2) is 0 Å². The third-order valence-corrected chi connectivity index (χ3v) is 4.15. The highest BCUT2D eigenvalue weighted by atomic mass is 35.5. The molecule has 0 bridgehead atoms. The molecule has 0 saturated heterocycles. The van der Waals surface area contributed by atoms with Crippen molar-refractivity contribution in [3.8, 4) is 0 Å². The van der Waals surface area contributed by atoms with Crippen LogP contribution < -0.4 is 10.6 Å². The van der Waals surface area contributed by atoms with E-state index in [0.717, 1.165) is 0 Å². The monoisotopic (exact) mass is 388 g/mol. The Morgan fingerprint density at radius 2 is 1.93 bits per heavy atom. The Hall–Kier alpha value is -2.97. The predicted molar refractivity (Wildman–Crippen MR) is 100 cm³/mol. The maximum atomic E-state index is 12.5. The number of aromatic nitrogens is 1. The first-order chi connectivity index (χ1) is 13.0. The van der Waals surface area contributed by atoms with Gasteiger partial charge in [-0.2, -0.15) is 0 Å². The van der Waals surface area contributed by atoms with E-state index >= 15 is 0 Å². The quantitative estimate of drug-likeness (QED) is 0.585. The highest BCUT2D eigenvalue weighted by Crippen LogP contribution is 2.26. The Labute approximate surface area is 160 Å². The van der Waals surface area contributed by atoms with E-state index in [4.69, 9.17) is 16.3 Å². The van der Waals surface area contributed by atoms with Gasteiger partial charge in [-0.05, 0) is 36.8 Å². The molecular weight excluding hydrogens is 372 g/mol. The molecule has 9 heteroatoms. The fourth-order valence-corrected chi connectivity index (χ4v) is 2.78. The van der Waals surface area contributed by atoms with Gasteiger partial charge in [-0.15, -0.1) is 0 Å². The molecule has 3 rings (SSSR count). The van der Waals surface area contributed by atoms with Crippen LogP contribution in [-0.4, -0.2) is 48.0 Å². The molecule has 0 atom stereocenters. The van der Waals surface area contributed by atoms with Crippen LogP contribution in [0.4, 0.5) is 16.3 Å². The van der Waals surface area contributed by atoms with Gasteiger partial charge in [-0.1, -0.05) is 11.6 Å². The molecule has 1 aromatic heterocycles. The molecule has 2 aromatic rings. The number of imide groups is 1. The number of ether oxygens (including phenoxy) is 1. The summed E-state index contributed by atoms with van der Waals surface area (Å²) in [5.74, 6) is -0.393. The van der Waals surface area contributed by atoms with Crippen LogP contribution in [0.2, 0.25) is 5.02 Å². The topological polar surface area (TPSA) is 101 Å². The first kappa shape index (κ1) is 18.8. The van der Waals surface area contributed by atoms with Crippen LogP contribution in [0.25, 0.3) is 0 Å². The Balaban J connectivity index is 1.68. The van der Waals surface area contributed by atoms with Gasteiger partial charge < -0.3 is 10.1 Å². The predicted octanol–water partition coefficient (Wildman–Crippen LogP) is 3.01. The van der Waals surface area contributed by atoms with E-state index in [1.807, 2.05) is 0 Å². The number of anilines is 2. The van der Waals surface area contributed by atoms with E-state index in [2.05, 4.69) is 15.6 Å². The van der Waals surface area contributed by atoms with Gasteiger partial charge in [0.2, 0.25) is 0 Å². The molecule has 0 saturated carbocycles. The Bertz CT molecular complexity index is 885. The number of carbonyl (C=O) groups excluding carboxylic acids is 3. The molecule has 2 N–H and O–H groups in total. The number of methoxy groups -OCH3 is 1. The molecule has 0 spiro atoms. The van der Waals surface area contributed by atoms with Crippen LogP contribution in [0, 0.1) is 0 Å². The third-order valence-electron chi connectivity index (χ3n) is 3.93. The number of halogens is 1. The van der Waals surface area contributed by atoms with Crippen molar-refractivity contribution >= 4 is 41.0 Å². The van der Waals surface area contributed by atoms with Crippen LogP contribution in [0.3, 0.4) is 0 Å². The van der Waals surface area contributed by atoms with E-state index in [1.54, 1.807) is 25.3 Å². The van der Waals surface area contributed by atoms with Crippen molar-refractivity contribution in [2.75, 3.05) is 30.9 Å². The lowest BCUT2D eigenvalue weighted by Crippen LogP contribution is -2.31. The molecule has 0 aliphatic carbocycles. The van der Waals surface area contributed by atoms with E-state index in [1.165, 1.54) is 23.2 Å². The molecule has 2 heterocycles. The van der Waals surface area contributed by atoms with Crippen molar-refractivity contribution in [1.82, 2.24) is 9.88 Å². The summed E-state index contributed by atoms with van der Waals surface area (Å²) in [5.41, 5.74) is 0.975. The smallest absolute Gasteiger partial charge is 0.324 e. The highest BCUT2D eigenvalue weighted by Gasteiger charge is 2.35. The lowest BCUT2D eigenvalue weighted by molar-refractivity contribution is 0.0638. The maximum Gasteiger partial charge on any atom is 0.324 e. The Morgan fingerprint density at radius 1 is 1.15 bits per heavy atom. The Morgan fingerprint density at radius 3 is 2.63 bits per heavy atom. The van der Waals surface area contributed by atoms with Gasteiger partial charge in [-0.25, -0.2) is 9.78 Å². The number of rotatable bonds is 6. The third kappa shape index (κ3) is 4.24. The second kappa shape index (κ2) is 8.15. The summed E-state index contributed by atoms with van der Waals surface area (Å²) in [6.07, 6.45) is 1.97. The fourth-order valence-electron chi connectivity index (χ4n) is 2.67. The standard InChI is InChI=1S/C18H17ClN4O4/c1-27-8-2-7-23-16(24)13-5-4-12(9-14(13)17(23)25)21-18(26)22-15-6-3-11(19)10-20-15/h3-6,9-10H,2,7-8H2,1H3,(H2,20,21,22,26). The number of benzene rings is 1. The average Bonchev–Trinajstić information content (AvgIpc) is 2.88. The van der Waals surface area contributed by atoms with E-state index < -0.39 is 6.03 Å². The second-order valence-corrected chi connectivity index (χ2v) is 6.25. The number of fused-ring (bicyclic) bond motifs is 1. The normalized spacial score (nSPS) is 12.9. The molecule has 8 nitrogen and oxygen atoms in total. The minimum absolute atomic E-state index is 0.264. The second-order valence-electron chi connectivity index (χ2n) is 5.81. The number of hydrogen-bond donors (Lipinski definition) is 2. The molecule has 1 aliphatic rings. The number of nitrogens with one attached hydrogen (secondary N) is 2. The Kier molecular flexibility index (Phi) is 5.68. The molecule has 27 heavy (non-hydrogen) atoms. The summed E-state index contributed by atoms with van der Waals surface area (Å²) >= 11 is 5.75. The van der Waals surface area contributed by atoms with Crippen LogP contribution in [0.5, 0.6) is 0 Å². The number of nitrogens with zero attached hydrogens (tertiary/aromatic N) is 2. The molecule has 0 fully saturated rings.